The van der Waals surface area contributed by atoms with Gasteiger partial charge in [-0.05, 0) is 22.8 Å². The lowest BCUT2D eigenvalue weighted by Gasteiger charge is -2.10. The molecule has 104 valence electrons. The van der Waals surface area contributed by atoms with E-state index in [2.05, 4.69) is 38.0 Å². The zero-order valence-corrected chi connectivity index (χ0v) is 11.8. The molecule has 19 heavy (non-hydrogen) atoms. The van der Waals surface area contributed by atoms with E-state index in [1.807, 2.05) is 0 Å². The highest BCUT2D eigenvalue weighted by Gasteiger charge is 2.64. The van der Waals surface area contributed by atoms with E-state index >= 15 is 0 Å². The van der Waals surface area contributed by atoms with Gasteiger partial charge in [0.1, 0.15) is 5.82 Å². The maximum atomic E-state index is 11.0. The van der Waals surface area contributed by atoms with Crippen LogP contribution in [0.2, 0.25) is 0 Å². The Morgan fingerprint density at radius 3 is 2.47 bits per heavy atom. The van der Waals surface area contributed by atoms with Gasteiger partial charge in [0.25, 0.3) is 0 Å². The van der Waals surface area contributed by atoms with Crippen molar-refractivity contribution in [1.82, 2.24) is 4.98 Å². The van der Waals surface area contributed by atoms with Crippen molar-refractivity contribution in [2.45, 2.75) is 27.7 Å². The minimum Gasteiger partial charge on any atom is -0.478 e. The van der Waals surface area contributed by atoms with E-state index in [1.165, 1.54) is 12.3 Å². The van der Waals surface area contributed by atoms with Crippen LogP contribution in [0.1, 0.15) is 38.1 Å². The fourth-order valence-corrected chi connectivity index (χ4v) is 2.84. The summed E-state index contributed by atoms with van der Waals surface area (Å²) >= 11 is 0. The normalized spacial score (nSPS) is 20.0. The quantitative estimate of drug-likeness (QED) is 0.776. The van der Waals surface area contributed by atoms with Crippen LogP contribution in [-0.2, 0) is 0 Å². The summed E-state index contributed by atoms with van der Waals surface area (Å²) in [5, 5.41) is 12.2. The number of rotatable bonds is 4. The molecule has 1 aromatic heterocycles. The van der Waals surface area contributed by atoms with Crippen LogP contribution in [0.3, 0.4) is 0 Å². The Hall–Kier alpha value is -1.78. The lowest BCUT2D eigenvalue weighted by molar-refractivity contribution is 0.0698. The number of aromatic nitrogens is 1. The number of carboxylic acid groups (broad SMARTS) is 1. The van der Waals surface area contributed by atoms with E-state index in [0.29, 0.717) is 11.7 Å². The average molecular weight is 263 g/mol. The first-order valence-corrected chi connectivity index (χ1v) is 6.41. The van der Waals surface area contributed by atoms with Crippen molar-refractivity contribution < 1.29 is 9.90 Å². The van der Waals surface area contributed by atoms with Crippen molar-refractivity contribution in [1.29, 1.82) is 0 Å². The number of anilines is 2. The summed E-state index contributed by atoms with van der Waals surface area (Å²) in [6.07, 6.45) is 1.46. The molecule has 0 aromatic carbocycles. The van der Waals surface area contributed by atoms with Gasteiger partial charge in [0.15, 0.2) is 0 Å². The molecule has 5 heteroatoms. The summed E-state index contributed by atoms with van der Waals surface area (Å²) in [6.45, 7) is 9.71. The Morgan fingerprint density at radius 2 is 2.00 bits per heavy atom. The molecule has 0 saturated heterocycles. The van der Waals surface area contributed by atoms with Crippen molar-refractivity contribution in [3.63, 3.8) is 0 Å². The van der Waals surface area contributed by atoms with E-state index in [1.54, 1.807) is 0 Å². The fraction of sp³-hybridized carbons (Fsp3) is 0.571. The molecule has 1 fully saturated rings. The van der Waals surface area contributed by atoms with E-state index in [0.717, 1.165) is 6.54 Å². The Bertz CT molecular complexity index is 509. The van der Waals surface area contributed by atoms with Crippen LogP contribution in [-0.4, -0.2) is 22.6 Å². The maximum Gasteiger partial charge on any atom is 0.337 e. The van der Waals surface area contributed by atoms with E-state index in [9.17, 15) is 4.79 Å². The summed E-state index contributed by atoms with van der Waals surface area (Å²) in [6, 6.07) is 1.41. The number of nitrogens with one attached hydrogen (secondary N) is 1. The molecule has 1 aliphatic carbocycles. The highest BCUT2D eigenvalue weighted by atomic mass is 16.4. The number of pyridine rings is 1. The summed E-state index contributed by atoms with van der Waals surface area (Å²) < 4.78 is 0. The van der Waals surface area contributed by atoms with Crippen LogP contribution in [0.15, 0.2) is 12.3 Å². The third kappa shape index (κ3) is 2.03. The van der Waals surface area contributed by atoms with Crippen molar-refractivity contribution >= 4 is 17.5 Å². The maximum absolute atomic E-state index is 11.0. The number of hydrogen-bond acceptors (Lipinski definition) is 4. The second-order valence-electron chi connectivity index (χ2n) is 6.30. The number of nitrogen functional groups attached to an aromatic ring is 1. The summed E-state index contributed by atoms with van der Waals surface area (Å²) in [5.41, 5.74) is 6.66. The molecular formula is C14H21N3O2. The highest BCUT2D eigenvalue weighted by molar-refractivity contribution is 5.96. The molecule has 0 atom stereocenters. The van der Waals surface area contributed by atoms with Crippen molar-refractivity contribution in [3.05, 3.63) is 17.8 Å². The van der Waals surface area contributed by atoms with Gasteiger partial charge in [0.05, 0.1) is 11.3 Å². The summed E-state index contributed by atoms with van der Waals surface area (Å²) in [7, 11) is 0. The smallest absolute Gasteiger partial charge is 0.337 e. The van der Waals surface area contributed by atoms with Crippen molar-refractivity contribution in [2.75, 3.05) is 17.6 Å². The third-order valence-corrected chi connectivity index (χ3v) is 5.01. The molecule has 0 bridgehead atoms. The van der Waals surface area contributed by atoms with Gasteiger partial charge in [0.2, 0.25) is 0 Å². The predicted octanol–water partition coefficient (Wildman–Crippen LogP) is 2.46. The molecular weight excluding hydrogens is 242 g/mol. The number of aromatic carboxylic acids is 1. The molecule has 0 spiro atoms. The molecule has 0 unspecified atom stereocenters. The lowest BCUT2D eigenvalue weighted by atomic mass is 10.0. The van der Waals surface area contributed by atoms with Crippen LogP contribution >= 0.6 is 0 Å². The largest absolute Gasteiger partial charge is 0.478 e. The monoisotopic (exact) mass is 263 g/mol. The molecule has 2 rings (SSSR count). The molecule has 1 saturated carbocycles. The molecule has 0 radical (unpaired) electrons. The Balaban J connectivity index is 2.10. The van der Waals surface area contributed by atoms with Crippen molar-refractivity contribution in [3.8, 4) is 0 Å². The number of hydrogen-bond donors (Lipinski definition) is 3. The number of nitrogens with zero attached hydrogens (tertiary/aromatic N) is 1. The van der Waals surface area contributed by atoms with E-state index in [4.69, 9.17) is 10.8 Å². The van der Waals surface area contributed by atoms with Gasteiger partial charge in [-0.2, -0.15) is 0 Å². The number of carbonyl (C=O) groups is 1. The van der Waals surface area contributed by atoms with Gasteiger partial charge in [0, 0.05) is 12.7 Å². The standard InChI is InChI=1S/C14H21N3O2/c1-13(2)9(14(13,3)4)7-17-11-10(15)8(12(18)19)5-6-16-11/h5-6,9H,7,15H2,1-4H3,(H,16,17)(H,18,19). The van der Waals surface area contributed by atoms with E-state index in [-0.39, 0.29) is 22.1 Å². The second kappa shape index (κ2) is 4.11. The summed E-state index contributed by atoms with van der Waals surface area (Å²) in [5.74, 6) is -0.0527. The minimum absolute atomic E-state index is 0.0896. The van der Waals surface area contributed by atoms with Gasteiger partial charge in [-0.3, -0.25) is 0 Å². The average Bonchev–Trinajstić information content (AvgIpc) is 2.68. The molecule has 0 amide bonds. The van der Waals surface area contributed by atoms with Crippen molar-refractivity contribution in [2.24, 2.45) is 16.7 Å². The first-order valence-electron chi connectivity index (χ1n) is 6.41. The molecule has 1 aromatic rings. The molecule has 0 aliphatic heterocycles. The van der Waals surface area contributed by atoms with Gasteiger partial charge in [-0.25, -0.2) is 9.78 Å². The molecule has 1 heterocycles. The molecule has 5 nitrogen and oxygen atoms in total. The highest BCUT2D eigenvalue weighted by Crippen LogP contribution is 2.68. The number of nitrogens with two attached hydrogens (primary N) is 1. The van der Waals surface area contributed by atoms with Crippen LogP contribution in [0, 0.1) is 16.7 Å². The Kier molecular flexibility index (Phi) is 2.96. The van der Waals surface area contributed by atoms with Crippen LogP contribution in [0.5, 0.6) is 0 Å². The van der Waals surface area contributed by atoms with Crippen LogP contribution in [0.4, 0.5) is 11.5 Å². The zero-order valence-electron chi connectivity index (χ0n) is 11.8. The second-order valence-corrected chi connectivity index (χ2v) is 6.30. The Labute approximate surface area is 113 Å². The molecule has 4 N–H and O–H groups in total. The predicted molar refractivity (Wildman–Crippen MR) is 75.2 cm³/mol. The first kappa shape index (κ1) is 13.6. The minimum atomic E-state index is -1.03. The molecule has 1 aliphatic rings. The lowest BCUT2D eigenvalue weighted by Crippen LogP contribution is -2.13. The number of carboxylic acids is 1. The van der Waals surface area contributed by atoms with Gasteiger partial charge in [-0.1, -0.05) is 27.7 Å². The fourth-order valence-electron chi connectivity index (χ4n) is 2.84. The van der Waals surface area contributed by atoms with Crippen LogP contribution < -0.4 is 11.1 Å². The van der Waals surface area contributed by atoms with Gasteiger partial charge < -0.3 is 16.2 Å². The SMILES string of the molecule is CC1(C)C(CNc2nccc(C(=O)O)c2N)C1(C)C. The summed E-state index contributed by atoms with van der Waals surface area (Å²) in [4.78, 5) is 15.1. The Morgan fingerprint density at radius 1 is 1.42 bits per heavy atom. The van der Waals surface area contributed by atoms with E-state index < -0.39 is 5.97 Å². The van der Waals surface area contributed by atoms with Gasteiger partial charge >= 0.3 is 5.97 Å². The topological polar surface area (TPSA) is 88.2 Å². The van der Waals surface area contributed by atoms with Crippen LogP contribution in [0.25, 0.3) is 0 Å². The third-order valence-electron chi connectivity index (χ3n) is 5.01. The first-order chi connectivity index (χ1) is 8.69. The zero-order chi connectivity index (χ0) is 14.4. The van der Waals surface area contributed by atoms with Gasteiger partial charge in [-0.15, -0.1) is 0 Å².